The van der Waals surface area contributed by atoms with E-state index in [0.717, 1.165) is 27.6 Å². The van der Waals surface area contributed by atoms with Crippen LogP contribution < -0.4 is 10.7 Å². The van der Waals surface area contributed by atoms with Gasteiger partial charge in [-0.3, -0.25) is 9.48 Å². The van der Waals surface area contributed by atoms with Gasteiger partial charge in [0, 0.05) is 42.0 Å². The molecule has 0 aliphatic carbocycles. The van der Waals surface area contributed by atoms with Crippen LogP contribution in [0.2, 0.25) is 0 Å². The van der Waals surface area contributed by atoms with E-state index >= 15 is 0 Å². The summed E-state index contributed by atoms with van der Waals surface area (Å²) < 4.78 is 8.05. The van der Waals surface area contributed by atoms with Crippen molar-refractivity contribution >= 4 is 33.5 Å². The van der Waals surface area contributed by atoms with E-state index in [0.29, 0.717) is 22.4 Å². The van der Waals surface area contributed by atoms with Crippen LogP contribution in [0.1, 0.15) is 34.6 Å². The van der Waals surface area contributed by atoms with Crippen LogP contribution in [0.5, 0.6) is 0 Å². The first kappa shape index (κ1) is 21.4. The van der Waals surface area contributed by atoms with E-state index in [1.165, 1.54) is 12.3 Å². The van der Waals surface area contributed by atoms with Crippen molar-refractivity contribution in [1.29, 1.82) is 0 Å². The molecule has 8 nitrogen and oxygen atoms in total. The summed E-state index contributed by atoms with van der Waals surface area (Å²) in [6.07, 6.45) is 3.35. The number of aromatic nitrogens is 3. The Balaban J connectivity index is 1.64. The molecule has 0 radical (unpaired) electrons. The summed E-state index contributed by atoms with van der Waals surface area (Å²) in [6.45, 7) is 3.80. The lowest BCUT2D eigenvalue weighted by atomic mass is 10.0. The Hall–Kier alpha value is -4.46. The number of hydrogen-bond acceptors (Lipinski definition) is 6. The quantitative estimate of drug-likeness (QED) is 0.388. The molecule has 0 amide bonds. The molecule has 0 saturated carbocycles. The Bertz CT molecular complexity index is 1630. The number of anilines is 1. The monoisotopic (exact) mass is 454 g/mol. The normalized spacial score (nSPS) is 12.2. The SMILES string of the molecule is Cc1cc([C@@H](C)Nc2cccnc2C(=O)O)c2oc(-c3ccc4nn(C)cc4c3)cc(=O)c2c1. The van der Waals surface area contributed by atoms with Gasteiger partial charge in [-0.2, -0.15) is 5.10 Å². The van der Waals surface area contributed by atoms with Gasteiger partial charge in [0.15, 0.2) is 11.1 Å². The molecule has 5 rings (SSSR count). The number of carboxylic acid groups (broad SMARTS) is 1. The molecule has 1 atom stereocenters. The molecular formula is C26H22N4O4. The number of carboxylic acids is 1. The molecule has 0 aliphatic rings. The average molecular weight is 454 g/mol. The molecule has 3 heterocycles. The predicted molar refractivity (Wildman–Crippen MR) is 130 cm³/mol. The van der Waals surface area contributed by atoms with E-state index in [1.54, 1.807) is 22.9 Å². The van der Waals surface area contributed by atoms with Crippen LogP contribution in [0.4, 0.5) is 5.69 Å². The second kappa shape index (κ2) is 8.15. The Morgan fingerprint density at radius 1 is 1.18 bits per heavy atom. The number of carbonyl (C=O) groups is 1. The number of nitrogens with zero attached hydrogens (tertiary/aromatic N) is 3. The van der Waals surface area contributed by atoms with Crippen LogP contribution in [0.25, 0.3) is 33.2 Å². The van der Waals surface area contributed by atoms with Crippen molar-refractivity contribution in [2.45, 2.75) is 19.9 Å². The van der Waals surface area contributed by atoms with Crippen LogP contribution >= 0.6 is 0 Å². The molecule has 0 fully saturated rings. The van der Waals surface area contributed by atoms with Crippen LogP contribution in [0.3, 0.4) is 0 Å². The van der Waals surface area contributed by atoms with Crippen molar-refractivity contribution in [3.63, 3.8) is 0 Å². The van der Waals surface area contributed by atoms with E-state index in [2.05, 4.69) is 15.4 Å². The minimum atomic E-state index is -1.12. The van der Waals surface area contributed by atoms with Gasteiger partial charge >= 0.3 is 5.97 Å². The molecule has 0 unspecified atom stereocenters. The summed E-state index contributed by atoms with van der Waals surface area (Å²) in [6, 6.07) is 13.9. The predicted octanol–water partition coefficient (Wildman–Crippen LogP) is 4.92. The first-order valence-electron chi connectivity index (χ1n) is 10.8. The molecule has 0 bridgehead atoms. The fourth-order valence-corrected chi connectivity index (χ4v) is 4.20. The fourth-order valence-electron chi connectivity index (χ4n) is 4.20. The standard InChI is InChI=1S/C26H22N4O4/c1-14-9-18(15(2)28-21-5-4-8-27-24(21)26(32)33)25-19(10-14)22(31)12-23(34-25)16-6-7-20-17(11-16)13-30(3)29-20/h4-13,15,28H,1-3H3,(H,32,33)/t15-/m1/s1. The lowest BCUT2D eigenvalue weighted by molar-refractivity contribution is 0.0691. The van der Waals surface area contributed by atoms with Gasteiger partial charge in [0.25, 0.3) is 0 Å². The smallest absolute Gasteiger partial charge is 0.356 e. The van der Waals surface area contributed by atoms with E-state index in [-0.39, 0.29) is 17.2 Å². The highest BCUT2D eigenvalue weighted by Gasteiger charge is 2.19. The van der Waals surface area contributed by atoms with E-state index in [4.69, 9.17) is 4.42 Å². The van der Waals surface area contributed by atoms with Crippen LogP contribution in [-0.4, -0.2) is 25.8 Å². The van der Waals surface area contributed by atoms with Crippen molar-refractivity contribution in [2.24, 2.45) is 7.05 Å². The van der Waals surface area contributed by atoms with Gasteiger partial charge in [-0.05, 0) is 55.8 Å². The number of fused-ring (bicyclic) bond motifs is 2. The molecule has 170 valence electrons. The van der Waals surface area contributed by atoms with Gasteiger partial charge in [-0.25, -0.2) is 9.78 Å². The third kappa shape index (κ3) is 3.79. The Morgan fingerprint density at radius 2 is 2.00 bits per heavy atom. The topological polar surface area (TPSA) is 110 Å². The molecule has 34 heavy (non-hydrogen) atoms. The van der Waals surface area contributed by atoms with Gasteiger partial charge in [0.05, 0.1) is 22.6 Å². The number of hydrogen-bond donors (Lipinski definition) is 2. The third-order valence-corrected chi connectivity index (χ3v) is 5.75. The fraction of sp³-hybridized carbons (Fsp3) is 0.154. The second-order valence-corrected chi connectivity index (χ2v) is 8.35. The van der Waals surface area contributed by atoms with Gasteiger partial charge in [0.1, 0.15) is 11.3 Å². The molecule has 0 saturated heterocycles. The zero-order valence-corrected chi connectivity index (χ0v) is 18.9. The molecule has 8 heteroatoms. The molecule has 2 aromatic carbocycles. The van der Waals surface area contributed by atoms with Gasteiger partial charge in [-0.15, -0.1) is 0 Å². The van der Waals surface area contributed by atoms with Crippen molar-refractivity contribution in [3.05, 3.63) is 88.0 Å². The number of aryl methyl sites for hydroxylation is 2. The second-order valence-electron chi connectivity index (χ2n) is 8.35. The zero-order valence-electron chi connectivity index (χ0n) is 18.9. The first-order chi connectivity index (χ1) is 16.3. The number of aromatic carboxylic acids is 1. The maximum Gasteiger partial charge on any atom is 0.356 e. The van der Waals surface area contributed by atoms with E-state index in [9.17, 15) is 14.7 Å². The highest BCUT2D eigenvalue weighted by molar-refractivity contribution is 5.92. The van der Waals surface area contributed by atoms with Crippen molar-refractivity contribution in [2.75, 3.05) is 5.32 Å². The third-order valence-electron chi connectivity index (χ3n) is 5.75. The Labute approximate surface area is 194 Å². The van der Waals surface area contributed by atoms with Crippen LogP contribution in [-0.2, 0) is 7.05 Å². The summed E-state index contributed by atoms with van der Waals surface area (Å²) in [5.74, 6) is -0.669. The molecule has 0 aliphatic heterocycles. The number of pyridine rings is 1. The lowest BCUT2D eigenvalue weighted by Crippen LogP contribution is -2.13. The highest BCUT2D eigenvalue weighted by atomic mass is 16.4. The van der Waals surface area contributed by atoms with Crippen LogP contribution in [0, 0.1) is 6.92 Å². The molecule has 5 aromatic rings. The summed E-state index contributed by atoms with van der Waals surface area (Å²) in [5.41, 5.74) is 3.90. The van der Waals surface area contributed by atoms with E-state index < -0.39 is 5.97 Å². The van der Waals surface area contributed by atoms with Crippen molar-refractivity contribution < 1.29 is 14.3 Å². The number of rotatable bonds is 5. The summed E-state index contributed by atoms with van der Waals surface area (Å²) in [4.78, 5) is 28.6. The molecular weight excluding hydrogens is 432 g/mol. The average Bonchev–Trinajstić information content (AvgIpc) is 3.18. The number of nitrogens with one attached hydrogen (secondary N) is 1. The first-order valence-corrected chi connectivity index (χ1v) is 10.8. The van der Waals surface area contributed by atoms with Gasteiger partial charge in [0.2, 0.25) is 0 Å². The zero-order chi connectivity index (χ0) is 24.0. The molecule has 2 N–H and O–H groups in total. The summed E-state index contributed by atoms with van der Waals surface area (Å²) >= 11 is 0. The molecule has 0 spiro atoms. The van der Waals surface area contributed by atoms with Crippen molar-refractivity contribution in [1.82, 2.24) is 14.8 Å². The Morgan fingerprint density at radius 3 is 2.79 bits per heavy atom. The maximum atomic E-state index is 13.1. The minimum absolute atomic E-state index is 0.0711. The van der Waals surface area contributed by atoms with Crippen molar-refractivity contribution in [3.8, 4) is 11.3 Å². The minimum Gasteiger partial charge on any atom is -0.476 e. The highest BCUT2D eigenvalue weighted by Crippen LogP contribution is 2.31. The summed E-state index contributed by atoms with van der Waals surface area (Å²) in [5, 5.41) is 18.5. The summed E-state index contributed by atoms with van der Waals surface area (Å²) in [7, 11) is 1.86. The van der Waals surface area contributed by atoms with Crippen LogP contribution in [0.15, 0.2) is 70.1 Å². The van der Waals surface area contributed by atoms with Gasteiger partial charge < -0.3 is 14.8 Å². The largest absolute Gasteiger partial charge is 0.476 e. The Kier molecular flexibility index (Phi) is 5.13. The molecule has 3 aromatic heterocycles. The maximum absolute atomic E-state index is 13.1. The number of benzene rings is 2. The lowest BCUT2D eigenvalue weighted by Gasteiger charge is -2.19. The van der Waals surface area contributed by atoms with Gasteiger partial charge in [-0.1, -0.05) is 6.07 Å². The van der Waals surface area contributed by atoms with E-state index in [1.807, 2.05) is 51.4 Å².